The minimum absolute atomic E-state index is 0.0555. The Morgan fingerprint density at radius 1 is 1.27 bits per heavy atom. The molecule has 0 spiro atoms. The van der Waals surface area contributed by atoms with Crippen LogP contribution in [-0.4, -0.2) is 33.7 Å². The van der Waals surface area contributed by atoms with Gasteiger partial charge in [-0.15, -0.1) is 0 Å². The SMILES string of the molecule is CCOc1cc(/C=C/C(=O)NCc2ccc(-n3ccnc3)nc2)ccc1OC(F)F. The Labute approximate surface area is 172 Å². The van der Waals surface area contributed by atoms with Crippen molar-refractivity contribution in [3.05, 3.63) is 72.5 Å². The highest BCUT2D eigenvalue weighted by molar-refractivity contribution is 5.91. The molecule has 0 fully saturated rings. The van der Waals surface area contributed by atoms with Gasteiger partial charge < -0.3 is 14.8 Å². The van der Waals surface area contributed by atoms with Gasteiger partial charge in [0.15, 0.2) is 11.5 Å². The largest absolute Gasteiger partial charge is 0.490 e. The van der Waals surface area contributed by atoms with Crippen molar-refractivity contribution >= 4 is 12.0 Å². The first-order chi connectivity index (χ1) is 14.5. The van der Waals surface area contributed by atoms with E-state index in [2.05, 4.69) is 20.0 Å². The molecule has 0 saturated carbocycles. The Morgan fingerprint density at radius 2 is 2.13 bits per heavy atom. The number of aromatic nitrogens is 3. The summed E-state index contributed by atoms with van der Waals surface area (Å²) in [4.78, 5) is 20.4. The highest BCUT2D eigenvalue weighted by atomic mass is 19.3. The average molecular weight is 414 g/mol. The third-order valence-corrected chi connectivity index (χ3v) is 3.96. The minimum Gasteiger partial charge on any atom is -0.490 e. The first kappa shape index (κ1) is 21.0. The number of nitrogens with one attached hydrogen (secondary N) is 1. The summed E-state index contributed by atoms with van der Waals surface area (Å²) in [5, 5.41) is 2.76. The van der Waals surface area contributed by atoms with Gasteiger partial charge in [0.25, 0.3) is 0 Å². The summed E-state index contributed by atoms with van der Waals surface area (Å²) in [6.45, 7) is -0.606. The van der Waals surface area contributed by atoms with Crippen molar-refractivity contribution in [3.8, 4) is 17.3 Å². The van der Waals surface area contributed by atoms with Crippen molar-refractivity contribution in [2.75, 3.05) is 6.61 Å². The second-order valence-corrected chi connectivity index (χ2v) is 6.06. The fraction of sp³-hybridized carbons (Fsp3) is 0.190. The lowest BCUT2D eigenvalue weighted by Gasteiger charge is -2.11. The molecule has 1 N–H and O–H groups in total. The number of rotatable bonds is 9. The van der Waals surface area contributed by atoms with Crippen LogP contribution < -0.4 is 14.8 Å². The smallest absolute Gasteiger partial charge is 0.387 e. The Hall–Kier alpha value is -3.75. The lowest BCUT2D eigenvalue weighted by molar-refractivity contribution is -0.116. The second kappa shape index (κ2) is 10.1. The number of carbonyl (C=O) groups excluding carboxylic acids is 1. The van der Waals surface area contributed by atoms with Crippen LogP contribution in [0, 0.1) is 0 Å². The molecule has 1 aromatic carbocycles. The van der Waals surface area contributed by atoms with Gasteiger partial charge in [-0.2, -0.15) is 8.78 Å². The van der Waals surface area contributed by atoms with E-state index >= 15 is 0 Å². The van der Waals surface area contributed by atoms with Gasteiger partial charge in [-0.3, -0.25) is 9.36 Å². The van der Waals surface area contributed by atoms with Crippen molar-refractivity contribution in [2.24, 2.45) is 0 Å². The van der Waals surface area contributed by atoms with Crippen molar-refractivity contribution in [3.63, 3.8) is 0 Å². The summed E-state index contributed by atoms with van der Waals surface area (Å²) in [6, 6.07) is 8.16. The molecule has 0 bridgehead atoms. The summed E-state index contributed by atoms with van der Waals surface area (Å²) in [5.41, 5.74) is 1.45. The number of imidazole rings is 1. The van der Waals surface area contributed by atoms with Crippen LogP contribution in [0.1, 0.15) is 18.1 Å². The molecule has 30 heavy (non-hydrogen) atoms. The first-order valence-electron chi connectivity index (χ1n) is 9.16. The molecule has 0 aliphatic heterocycles. The topological polar surface area (TPSA) is 78.3 Å². The number of pyridine rings is 1. The van der Waals surface area contributed by atoms with E-state index in [1.54, 1.807) is 48.6 Å². The van der Waals surface area contributed by atoms with E-state index in [1.807, 2.05) is 12.1 Å². The second-order valence-electron chi connectivity index (χ2n) is 6.06. The van der Waals surface area contributed by atoms with Crippen molar-refractivity contribution in [1.82, 2.24) is 19.9 Å². The number of alkyl halides is 2. The molecular formula is C21H20F2N4O3. The van der Waals surface area contributed by atoms with Gasteiger partial charge in [-0.1, -0.05) is 12.1 Å². The van der Waals surface area contributed by atoms with Gasteiger partial charge in [0, 0.05) is 31.2 Å². The van der Waals surface area contributed by atoms with Crippen LogP contribution in [0.15, 0.2) is 61.3 Å². The number of amides is 1. The van der Waals surface area contributed by atoms with E-state index in [-0.39, 0.29) is 17.4 Å². The maximum absolute atomic E-state index is 12.5. The summed E-state index contributed by atoms with van der Waals surface area (Å²) in [5.74, 6) is 0.552. The molecule has 3 rings (SSSR count). The summed E-state index contributed by atoms with van der Waals surface area (Å²) in [7, 11) is 0. The van der Waals surface area contributed by atoms with E-state index in [9.17, 15) is 13.6 Å². The number of hydrogen-bond donors (Lipinski definition) is 1. The lowest BCUT2D eigenvalue weighted by Crippen LogP contribution is -2.20. The first-order valence-corrected chi connectivity index (χ1v) is 9.16. The number of nitrogens with zero attached hydrogens (tertiary/aromatic N) is 3. The normalized spacial score (nSPS) is 11.1. The average Bonchev–Trinajstić information content (AvgIpc) is 3.27. The Kier molecular flexibility index (Phi) is 7.09. The minimum atomic E-state index is -2.94. The van der Waals surface area contributed by atoms with Gasteiger partial charge >= 0.3 is 6.61 Å². The third-order valence-electron chi connectivity index (χ3n) is 3.96. The van der Waals surface area contributed by atoms with Crippen molar-refractivity contribution < 1.29 is 23.0 Å². The zero-order chi connectivity index (χ0) is 21.3. The van der Waals surface area contributed by atoms with Gasteiger partial charge in [-0.05, 0) is 42.3 Å². The van der Waals surface area contributed by atoms with E-state index < -0.39 is 6.61 Å². The Bertz CT molecular complexity index is 990. The fourth-order valence-electron chi connectivity index (χ4n) is 2.58. The zero-order valence-electron chi connectivity index (χ0n) is 16.2. The molecule has 0 aliphatic carbocycles. The maximum atomic E-state index is 12.5. The van der Waals surface area contributed by atoms with Crippen LogP contribution >= 0.6 is 0 Å². The predicted molar refractivity (Wildman–Crippen MR) is 106 cm³/mol. The monoisotopic (exact) mass is 414 g/mol. The van der Waals surface area contributed by atoms with Gasteiger partial charge in [0.1, 0.15) is 12.1 Å². The van der Waals surface area contributed by atoms with Gasteiger partial charge in [0.2, 0.25) is 5.91 Å². The molecule has 2 aromatic heterocycles. The molecule has 0 atom stereocenters. The Balaban J connectivity index is 1.57. The summed E-state index contributed by atoms with van der Waals surface area (Å²) < 4.78 is 36.4. The van der Waals surface area contributed by atoms with E-state index in [0.717, 1.165) is 11.4 Å². The number of benzene rings is 1. The summed E-state index contributed by atoms with van der Waals surface area (Å²) >= 11 is 0. The van der Waals surface area contributed by atoms with Crippen LogP contribution in [0.2, 0.25) is 0 Å². The van der Waals surface area contributed by atoms with E-state index in [4.69, 9.17) is 4.74 Å². The number of ether oxygens (including phenoxy) is 2. The molecule has 156 valence electrons. The predicted octanol–water partition coefficient (Wildman–Crippen LogP) is 3.60. The molecular weight excluding hydrogens is 394 g/mol. The number of carbonyl (C=O) groups is 1. The highest BCUT2D eigenvalue weighted by Crippen LogP contribution is 2.30. The molecule has 0 aliphatic rings. The Morgan fingerprint density at radius 3 is 2.80 bits per heavy atom. The maximum Gasteiger partial charge on any atom is 0.387 e. The molecule has 7 nitrogen and oxygen atoms in total. The van der Waals surface area contributed by atoms with E-state index in [1.165, 1.54) is 18.2 Å². The van der Waals surface area contributed by atoms with E-state index in [0.29, 0.717) is 18.7 Å². The number of halogens is 2. The van der Waals surface area contributed by atoms with Crippen molar-refractivity contribution in [1.29, 1.82) is 0 Å². The molecule has 0 radical (unpaired) electrons. The van der Waals surface area contributed by atoms with Crippen molar-refractivity contribution in [2.45, 2.75) is 20.1 Å². The quantitative estimate of drug-likeness (QED) is 0.542. The van der Waals surface area contributed by atoms with Crippen LogP contribution in [-0.2, 0) is 11.3 Å². The zero-order valence-corrected chi connectivity index (χ0v) is 16.2. The summed E-state index contributed by atoms with van der Waals surface area (Å²) in [6.07, 6.45) is 9.69. The molecule has 1 amide bonds. The highest BCUT2D eigenvalue weighted by Gasteiger charge is 2.11. The fourth-order valence-corrected chi connectivity index (χ4v) is 2.58. The van der Waals surface area contributed by atoms with Crippen LogP contribution in [0.5, 0.6) is 11.5 Å². The molecule has 3 aromatic rings. The van der Waals surface area contributed by atoms with Gasteiger partial charge in [0.05, 0.1) is 6.61 Å². The molecule has 2 heterocycles. The third kappa shape index (κ3) is 5.87. The standard InChI is InChI=1S/C21H20F2N4O3/c1-2-29-18-11-15(3-6-17(18)30-21(22)23)5-8-20(28)26-13-16-4-7-19(25-12-16)27-10-9-24-14-27/h3-12,14,21H,2,13H2,1H3,(H,26,28)/b8-5+. The lowest BCUT2D eigenvalue weighted by atomic mass is 10.2. The van der Waals surface area contributed by atoms with Crippen LogP contribution in [0.4, 0.5) is 8.78 Å². The molecule has 0 unspecified atom stereocenters. The molecule has 0 saturated heterocycles. The number of hydrogen-bond acceptors (Lipinski definition) is 5. The van der Waals surface area contributed by atoms with Crippen LogP contribution in [0.25, 0.3) is 11.9 Å². The molecule has 9 heteroatoms. The van der Waals surface area contributed by atoms with Crippen LogP contribution in [0.3, 0.4) is 0 Å². The van der Waals surface area contributed by atoms with Gasteiger partial charge in [-0.25, -0.2) is 9.97 Å².